The van der Waals surface area contributed by atoms with Crippen LogP contribution >= 0.6 is 27.3 Å². The summed E-state index contributed by atoms with van der Waals surface area (Å²) in [5.41, 5.74) is 2.17. The Hall–Kier alpha value is -1.92. The number of aryl methyl sites for hydroxylation is 1. The fourth-order valence-electron chi connectivity index (χ4n) is 2.40. The van der Waals surface area contributed by atoms with Crippen molar-refractivity contribution in [3.8, 4) is 5.75 Å². The summed E-state index contributed by atoms with van der Waals surface area (Å²) in [6.45, 7) is 2.61. The van der Waals surface area contributed by atoms with Crippen LogP contribution in [0.3, 0.4) is 0 Å². The molecule has 0 saturated heterocycles. The Bertz CT molecular complexity index is 846. The SMILES string of the molecule is CCc1ccc(OCCCC(=O)Nc2nc3ccccc3s2)c(Br)c1. The Morgan fingerprint density at radius 1 is 1.28 bits per heavy atom. The quantitative estimate of drug-likeness (QED) is 0.521. The molecule has 0 spiro atoms. The highest BCUT2D eigenvalue weighted by Crippen LogP contribution is 2.27. The van der Waals surface area contributed by atoms with E-state index in [-0.39, 0.29) is 5.91 Å². The number of para-hydroxylation sites is 1. The van der Waals surface area contributed by atoms with E-state index in [9.17, 15) is 4.79 Å². The molecule has 0 saturated carbocycles. The summed E-state index contributed by atoms with van der Waals surface area (Å²) in [6, 6.07) is 13.9. The number of ether oxygens (including phenoxy) is 1. The van der Waals surface area contributed by atoms with Gasteiger partial charge in [-0.15, -0.1) is 0 Å². The van der Waals surface area contributed by atoms with Crippen molar-refractivity contribution in [2.75, 3.05) is 11.9 Å². The molecular weight excluding hydrogens is 400 g/mol. The third-order valence-electron chi connectivity index (χ3n) is 3.75. The van der Waals surface area contributed by atoms with Gasteiger partial charge in [-0.1, -0.05) is 36.5 Å². The van der Waals surface area contributed by atoms with Crippen LogP contribution in [0.15, 0.2) is 46.9 Å². The van der Waals surface area contributed by atoms with Crippen molar-refractivity contribution in [2.24, 2.45) is 0 Å². The summed E-state index contributed by atoms with van der Waals surface area (Å²) in [7, 11) is 0. The number of halogens is 1. The number of hydrogen-bond donors (Lipinski definition) is 1. The number of fused-ring (bicyclic) bond motifs is 1. The van der Waals surface area contributed by atoms with Crippen molar-refractivity contribution >= 4 is 48.5 Å². The zero-order valence-corrected chi connectivity index (χ0v) is 16.3. The van der Waals surface area contributed by atoms with E-state index in [0.29, 0.717) is 24.6 Å². The molecular formula is C19H19BrN2O2S. The van der Waals surface area contributed by atoms with E-state index in [1.165, 1.54) is 16.9 Å². The van der Waals surface area contributed by atoms with Gasteiger partial charge in [0.25, 0.3) is 0 Å². The van der Waals surface area contributed by atoms with Crippen LogP contribution in [-0.2, 0) is 11.2 Å². The van der Waals surface area contributed by atoms with Crippen LogP contribution in [0.1, 0.15) is 25.3 Å². The minimum atomic E-state index is -0.0388. The minimum absolute atomic E-state index is 0.0388. The molecule has 130 valence electrons. The number of carbonyl (C=O) groups is 1. The molecule has 6 heteroatoms. The minimum Gasteiger partial charge on any atom is -0.492 e. The molecule has 0 fully saturated rings. The molecule has 0 atom stereocenters. The van der Waals surface area contributed by atoms with Crippen LogP contribution in [0.4, 0.5) is 5.13 Å². The Morgan fingerprint density at radius 2 is 2.12 bits per heavy atom. The van der Waals surface area contributed by atoms with Crippen LogP contribution in [0.2, 0.25) is 0 Å². The molecule has 0 bridgehead atoms. The third kappa shape index (κ3) is 4.80. The van der Waals surface area contributed by atoms with Gasteiger partial charge in [0, 0.05) is 6.42 Å². The van der Waals surface area contributed by atoms with Gasteiger partial charge in [0.2, 0.25) is 5.91 Å². The van der Waals surface area contributed by atoms with Gasteiger partial charge in [-0.2, -0.15) is 0 Å². The molecule has 1 amide bonds. The van der Waals surface area contributed by atoms with Crippen LogP contribution in [0.5, 0.6) is 5.75 Å². The lowest BCUT2D eigenvalue weighted by molar-refractivity contribution is -0.116. The van der Waals surface area contributed by atoms with Crippen molar-refractivity contribution in [1.29, 1.82) is 0 Å². The topological polar surface area (TPSA) is 51.2 Å². The van der Waals surface area contributed by atoms with Gasteiger partial charge in [0.1, 0.15) is 5.75 Å². The maximum absolute atomic E-state index is 12.0. The molecule has 25 heavy (non-hydrogen) atoms. The maximum atomic E-state index is 12.0. The summed E-state index contributed by atoms with van der Waals surface area (Å²) >= 11 is 5.01. The Morgan fingerprint density at radius 3 is 2.88 bits per heavy atom. The second-order valence-corrected chi connectivity index (χ2v) is 7.49. The van der Waals surface area contributed by atoms with E-state index in [4.69, 9.17) is 4.74 Å². The van der Waals surface area contributed by atoms with Crippen LogP contribution in [0, 0.1) is 0 Å². The molecule has 2 aromatic carbocycles. The summed E-state index contributed by atoms with van der Waals surface area (Å²) < 4.78 is 7.77. The predicted molar refractivity (Wildman–Crippen MR) is 106 cm³/mol. The molecule has 0 unspecified atom stereocenters. The average Bonchev–Trinajstić information content (AvgIpc) is 3.01. The smallest absolute Gasteiger partial charge is 0.226 e. The molecule has 0 aliphatic carbocycles. The van der Waals surface area contributed by atoms with Gasteiger partial charge in [-0.3, -0.25) is 4.79 Å². The predicted octanol–water partition coefficient (Wildman–Crippen LogP) is 5.42. The number of carbonyl (C=O) groups excluding carboxylic acids is 1. The lowest BCUT2D eigenvalue weighted by atomic mass is 10.2. The number of thiazole rings is 1. The van der Waals surface area contributed by atoms with E-state index >= 15 is 0 Å². The summed E-state index contributed by atoms with van der Waals surface area (Å²) in [6.07, 6.45) is 2.05. The Balaban J connectivity index is 1.45. The zero-order chi connectivity index (χ0) is 17.6. The molecule has 1 heterocycles. The Kier molecular flexibility index (Phi) is 6.04. The molecule has 1 N–H and O–H groups in total. The number of benzene rings is 2. The highest BCUT2D eigenvalue weighted by molar-refractivity contribution is 9.10. The second kappa shape index (κ2) is 8.45. The first kappa shape index (κ1) is 17.9. The molecule has 0 aliphatic rings. The van der Waals surface area contributed by atoms with Gasteiger partial charge in [-0.05, 0) is 58.6 Å². The van der Waals surface area contributed by atoms with Gasteiger partial charge < -0.3 is 10.1 Å². The second-order valence-electron chi connectivity index (χ2n) is 5.61. The number of hydrogen-bond acceptors (Lipinski definition) is 4. The molecule has 0 aliphatic heterocycles. The molecule has 3 aromatic rings. The van der Waals surface area contributed by atoms with E-state index < -0.39 is 0 Å². The molecule has 0 radical (unpaired) electrons. The standard InChI is InChI=1S/C19H19BrN2O2S/c1-2-13-9-10-16(14(20)12-13)24-11-5-8-18(23)22-19-21-15-6-3-4-7-17(15)25-19/h3-4,6-7,9-10,12H,2,5,8,11H2,1H3,(H,21,22,23). The molecule has 4 nitrogen and oxygen atoms in total. The van der Waals surface area contributed by atoms with Gasteiger partial charge >= 0.3 is 0 Å². The largest absolute Gasteiger partial charge is 0.492 e. The van der Waals surface area contributed by atoms with Crippen LogP contribution < -0.4 is 10.1 Å². The van der Waals surface area contributed by atoms with Crippen molar-refractivity contribution in [2.45, 2.75) is 26.2 Å². The van der Waals surface area contributed by atoms with Crippen LogP contribution in [-0.4, -0.2) is 17.5 Å². The Labute approximate surface area is 159 Å². The first-order valence-corrected chi connectivity index (χ1v) is 9.83. The first-order valence-electron chi connectivity index (χ1n) is 8.22. The van der Waals surface area contributed by atoms with E-state index in [1.54, 1.807) is 0 Å². The first-order chi connectivity index (χ1) is 12.2. The van der Waals surface area contributed by atoms with E-state index in [0.717, 1.165) is 26.9 Å². The highest BCUT2D eigenvalue weighted by Gasteiger charge is 2.08. The van der Waals surface area contributed by atoms with Crippen molar-refractivity contribution < 1.29 is 9.53 Å². The molecule has 1 aromatic heterocycles. The van der Waals surface area contributed by atoms with Crippen molar-refractivity contribution in [3.05, 3.63) is 52.5 Å². The van der Waals surface area contributed by atoms with Gasteiger partial charge in [-0.25, -0.2) is 4.98 Å². The number of nitrogens with one attached hydrogen (secondary N) is 1. The maximum Gasteiger partial charge on any atom is 0.226 e. The number of rotatable bonds is 7. The summed E-state index contributed by atoms with van der Waals surface area (Å²) in [5.74, 6) is 0.770. The van der Waals surface area contributed by atoms with Gasteiger partial charge in [0.05, 0.1) is 21.3 Å². The lowest BCUT2D eigenvalue weighted by Gasteiger charge is -2.09. The fraction of sp³-hybridized carbons (Fsp3) is 0.263. The van der Waals surface area contributed by atoms with E-state index in [2.05, 4.69) is 45.3 Å². The van der Waals surface area contributed by atoms with Gasteiger partial charge in [0.15, 0.2) is 5.13 Å². The van der Waals surface area contributed by atoms with Crippen molar-refractivity contribution in [1.82, 2.24) is 4.98 Å². The summed E-state index contributed by atoms with van der Waals surface area (Å²) in [5, 5.41) is 3.50. The van der Waals surface area contributed by atoms with Crippen LogP contribution in [0.25, 0.3) is 10.2 Å². The summed E-state index contributed by atoms with van der Waals surface area (Å²) in [4.78, 5) is 16.4. The zero-order valence-electron chi connectivity index (χ0n) is 13.9. The number of amides is 1. The third-order valence-corrected chi connectivity index (χ3v) is 5.32. The number of nitrogens with zero attached hydrogens (tertiary/aromatic N) is 1. The van der Waals surface area contributed by atoms with E-state index in [1.807, 2.05) is 30.3 Å². The van der Waals surface area contributed by atoms with Crippen molar-refractivity contribution in [3.63, 3.8) is 0 Å². The normalized spacial score (nSPS) is 10.8. The fourth-order valence-corrected chi connectivity index (χ4v) is 3.83. The number of anilines is 1. The monoisotopic (exact) mass is 418 g/mol. The molecule has 3 rings (SSSR count). The number of aromatic nitrogens is 1. The lowest BCUT2D eigenvalue weighted by Crippen LogP contribution is -2.12. The average molecular weight is 419 g/mol. The highest BCUT2D eigenvalue weighted by atomic mass is 79.9.